The molecular weight excluding hydrogens is 338 g/mol. The third-order valence-corrected chi connectivity index (χ3v) is 4.99. The first-order valence-electron chi connectivity index (χ1n) is 9.34. The molecule has 0 spiro atoms. The van der Waals surface area contributed by atoms with E-state index in [4.69, 9.17) is 0 Å². The standard InChI is InChI=1S/C22H27N3O2/c1-17-5-4-6-18(15-17)16-21(26)24-11-13-25(14-12-24)22(27)19-7-9-20(10-8-19)23(2)3/h4-10,15H,11-14,16H2,1-3H3. The summed E-state index contributed by atoms with van der Waals surface area (Å²) in [6.45, 7) is 4.36. The van der Waals surface area contributed by atoms with Gasteiger partial charge in [0.05, 0.1) is 6.42 Å². The van der Waals surface area contributed by atoms with E-state index in [0.29, 0.717) is 38.2 Å². The first-order chi connectivity index (χ1) is 12.9. The topological polar surface area (TPSA) is 43.9 Å². The van der Waals surface area contributed by atoms with Gasteiger partial charge in [0.2, 0.25) is 5.91 Å². The van der Waals surface area contributed by atoms with Gasteiger partial charge in [-0.1, -0.05) is 29.8 Å². The Morgan fingerprint density at radius 1 is 0.926 bits per heavy atom. The Hall–Kier alpha value is -2.82. The Bertz CT molecular complexity index is 807. The molecule has 0 bridgehead atoms. The lowest BCUT2D eigenvalue weighted by Gasteiger charge is -2.35. The van der Waals surface area contributed by atoms with Gasteiger partial charge in [0, 0.05) is 51.5 Å². The lowest BCUT2D eigenvalue weighted by atomic mass is 10.1. The highest BCUT2D eigenvalue weighted by molar-refractivity contribution is 5.94. The van der Waals surface area contributed by atoms with Gasteiger partial charge in [-0.2, -0.15) is 0 Å². The molecule has 2 aromatic rings. The zero-order valence-corrected chi connectivity index (χ0v) is 16.3. The number of hydrogen-bond donors (Lipinski definition) is 0. The summed E-state index contributed by atoms with van der Waals surface area (Å²) in [4.78, 5) is 30.9. The fraction of sp³-hybridized carbons (Fsp3) is 0.364. The average molecular weight is 365 g/mol. The second-order valence-electron chi connectivity index (χ2n) is 7.28. The minimum atomic E-state index is 0.0334. The molecule has 0 aliphatic carbocycles. The average Bonchev–Trinajstić information content (AvgIpc) is 2.67. The maximum Gasteiger partial charge on any atom is 0.253 e. The van der Waals surface area contributed by atoms with E-state index in [1.54, 1.807) is 0 Å². The molecule has 1 fully saturated rings. The Kier molecular flexibility index (Phi) is 5.79. The number of anilines is 1. The van der Waals surface area contributed by atoms with E-state index in [-0.39, 0.29) is 11.8 Å². The van der Waals surface area contributed by atoms with Gasteiger partial charge in [-0.3, -0.25) is 9.59 Å². The summed E-state index contributed by atoms with van der Waals surface area (Å²) in [5.41, 5.74) is 3.97. The first-order valence-corrected chi connectivity index (χ1v) is 9.34. The van der Waals surface area contributed by atoms with Crippen molar-refractivity contribution in [3.05, 3.63) is 65.2 Å². The summed E-state index contributed by atoms with van der Waals surface area (Å²) in [6, 6.07) is 15.7. The molecular formula is C22H27N3O2. The molecule has 1 aliphatic rings. The zero-order valence-electron chi connectivity index (χ0n) is 16.3. The van der Waals surface area contributed by atoms with Crippen LogP contribution in [0.3, 0.4) is 0 Å². The second-order valence-corrected chi connectivity index (χ2v) is 7.28. The highest BCUT2D eigenvalue weighted by atomic mass is 16.2. The van der Waals surface area contributed by atoms with Gasteiger partial charge < -0.3 is 14.7 Å². The number of carbonyl (C=O) groups is 2. The van der Waals surface area contributed by atoms with Crippen LogP contribution in [-0.2, 0) is 11.2 Å². The fourth-order valence-electron chi connectivity index (χ4n) is 3.35. The molecule has 1 heterocycles. The van der Waals surface area contributed by atoms with Crippen LogP contribution < -0.4 is 4.90 Å². The largest absolute Gasteiger partial charge is 0.378 e. The molecule has 0 unspecified atom stereocenters. The first kappa shape index (κ1) is 19.0. The van der Waals surface area contributed by atoms with E-state index in [0.717, 1.165) is 16.8 Å². The monoisotopic (exact) mass is 365 g/mol. The van der Waals surface area contributed by atoms with Gasteiger partial charge in [-0.05, 0) is 36.8 Å². The normalized spacial score (nSPS) is 14.2. The number of amides is 2. The minimum absolute atomic E-state index is 0.0334. The number of piperazine rings is 1. The van der Waals surface area contributed by atoms with Crippen molar-refractivity contribution in [2.75, 3.05) is 45.2 Å². The number of carbonyl (C=O) groups excluding carboxylic acids is 2. The fourth-order valence-corrected chi connectivity index (χ4v) is 3.35. The molecule has 2 aromatic carbocycles. The maximum absolute atomic E-state index is 12.7. The number of benzene rings is 2. The molecule has 0 radical (unpaired) electrons. The molecule has 5 nitrogen and oxygen atoms in total. The van der Waals surface area contributed by atoms with Gasteiger partial charge >= 0.3 is 0 Å². The van der Waals surface area contributed by atoms with Crippen LogP contribution in [0.4, 0.5) is 5.69 Å². The zero-order chi connectivity index (χ0) is 19.4. The summed E-state index contributed by atoms with van der Waals surface area (Å²) >= 11 is 0. The Balaban J connectivity index is 1.54. The number of hydrogen-bond acceptors (Lipinski definition) is 3. The van der Waals surface area contributed by atoms with Crippen molar-refractivity contribution in [3.63, 3.8) is 0 Å². The van der Waals surface area contributed by atoms with Crippen LogP contribution in [0.5, 0.6) is 0 Å². The molecule has 0 saturated carbocycles. The third kappa shape index (κ3) is 4.67. The predicted octanol–water partition coefficient (Wildman–Crippen LogP) is 2.59. The Morgan fingerprint density at radius 2 is 1.56 bits per heavy atom. The summed E-state index contributed by atoms with van der Waals surface area (Å²) in [5, 5.41) is 0. The predicted molar refractivity (Wildman–Crippen MR) is 108 cm³/mol. The molecule has 27 heavy (non-hydrogen) atoms. The van der Waals surface area contributed by atoms with Gasteiger partial charge in [-0.25, -0.2) is 0 Å². The van der Waals surface area contributed by atoms with Crippen LogP contribution in [0.15, 0.2) is 48.5 Å². The van der Waals surface area contributed by atoms with E-state index in [1.807, 2.05) is 78.2 Å². The van der Waals surface area contributed by atoms with Crippen LogP contribution in [0.1, 0.15) is 21.5 Å². The second kappa shape index (κ2) is 8.25. The summed E-state index contributed by atoms with van der Waals surface area (Å²) in [6.07, 6.45) is 0.418. The van der Waals surface area contributed by atoms with Crippen LogP contribution in [0.25, 0.3) is 0 Å². The van der Waals surface area contributed by atoms with Crippen LogP contribution in [0, 0.1) is 6.92 Å². The van der Waals surface area contributed by atoms with E-state index >= 15 is 0 Å². The molecule has 1 aliphatic heterocycles. The van der Waals surface area contributed by atoms with Crippen molar-refractivity contribution in [1.29, 1.82) is 0 Å². The Labute approximate surface area is 161 Å². The van der Waals surface area contributed by atoms with Crippen molar-refractivity contribution in [1.82, 2.24) is 9.80 Å². The lowest BCUT2D eigenvalue weighted by Crippen LogP contribution is -2.51. The Morgan fingerprint density at radius 3 is 2.15 bits per heavy atom. The summed E-state index contributed by atoms with van der Waals surface area (Å²) < 4.78 is 0. The van der Waals surface area contributed by atoms with Gasteiger partial charge in [-0.15, -0.1) is 0 Å². The van der Waals surface area contributed by atoms with Crippen molar-refractivity contribution < 1.29 is 9.59 Å². The molecule has 0 aromatic heterocycles. The van der Waals surface area contributed by atoms with E-state index in [2.05, 4.69) is 6.07 Å². The van der Waals surface area contributed by atoms with Crippen LogP contribution >= 0.6 is 0 Å². The van der Waals surface area contributed by atoms with Gasteiger partial charge in [0.25, 0.3) is 5.91 Å². The highest BCUT2D eigenvalue weighted by Gasteiger charge is 2.24. The highest BCUT2D eigenvalue weighted by Crippen LogP contribution is 2.15. The van der Waals surface area contributed by atoms with Crippen LogP contribution in [-0.4, -0.2) is 61.9 Å². The van der Waals surface area contributed by atoms with Gasteiger partial charge in [0.15, 0.2) is 0 Å². The number of nitrogens with zero attached hydrogens (tertiary/aromatic N) is 3. The third-order valence-electron chi connectivity index (χ3n) is 4.99. The smallest absolute Gasteiger partial charge is 0.253 e. The molecule has 2 amide bonds. The minimum Gasteiger partial charge on any atom is -0.378 e. The van der Waals surface area contributed by atoms with Crippen molar-refractivity contribution >= 4 is 17.5 Å². The SMILES string of the molecule is Cc1cccc(CC(=O)N2CCN(C(=O)c3ccc(N(C)C)cc3)CC2)c1. The van der Waals surface area contributed by atoms with Crippen molar-refractivity contribution in [2.45, 2.75) is 13.3 Å². The summed E-state index contributed by atoms with van der Waals surface area (Å²) in [5.74, 6) is 0.161. The van der Waals surface area contributed by atoms with E-state index in [1.165, 1.54) is 0 Å². The molecule has 142 valence electrons. The van der Waals surface area contributed by atoms with Gasteiger partial charge in [0.1, 0.15) is 0 Å². The molecule has 1 saturated heterocycles. The van der Waals surface area contributed by atoms with Crippen molar-refractivity contribution in [3.8, 4) is 0 Å². The molecule has 0 atom stereocenters. The summed E-state index contributed by atoms with van der Waals surface area (Å²) in [7, 11) is 3.95. The number of aryl methyl sites for hydroxylation is 1. The van der Waals surface area contributed by atoms with Crippen LogP contribution in [0.2, 0.25) is 0 Å². The quantitative estimate of drug-likeness (QED) is 0.837. The lowest BCUT2D eigenvalue weighted by molar-refractivity contribution is -0.131. The molecule has 3 rings (SSSR count). The maximum atomic E-state index is 12.7. The molecule has 0 N–H and O–H groups in total. The van der Waals surface area contributed by atoms with E-state index in [9.17, 15) is 9.59 Å². The van der Waals surface area contributed by atoms with E-state index < -0.39 is 0 Å². The van der Waals surface area contributed by atoms with Crippen molar-refractivity contribution in [2.24, 2.45) is 0 Å². The number of rotatable bonds is 4. The molecule has 5 heteroatoms.